The summed E-state index contributed by atoms with van der Waals surface area (Å²) in [5.41, 5.74) is 1.52. The van der Waals surface area contributed by atoms with Crippen LogP contribution < -0.4 is 4.72 Å². The number of rotatable bonds is 6. The lowest BCUT2D eigenvalue weighted by atomic mass is 10.1. The van der Waals surface area contributed by atoms with Crippen molar-refractivity contribution in [3.8, 4) is 0 Å². The minimum Gasteiger partial charge on any atom is -0.336 e. The molecule has 2 aromatic rings. The minimum atomic E-state index is -3.42. The minimum absolute atomic E-state index is 0.120. The molecule has 0 unspecified atom stereocenters. The first kappa shape index (κ1) is 18.2. The van der Waals surface area contributed by atoms with E-state index in [9.17, 15) is 13.2 Å². The number of aromatic nitrogens is 2. The number of hydrogen-bond acceptors (Lipinski definition) is 4. The van der Waals surface area contributed by atoms with Crippen LogP contribution in [0.1, 0.15) is 34.7 Å². The molecule has 0 spiro atoms. The molecule has 0 saturated carbocycles. The molecule has 4 rings (SSSR count). The first-order valence-corrected chi connectivity index (χ1v) is 11.0. The summed E-state index contributed by atoms with van der Waals surface area (Å²) in [6.07, 6.45) is 5.96. The van der Waals surface area contributed by atoms with Crippen LogP contribution in [0.3, 0.4) is 0 Å². The number of hydrogen-bond donors (Lipinski definition) is 1. The van der Waals surface area contributed by atoms with Crippen LogP contribution in [0.2, 0.25) is 0 Å². The summed E-state index contributed by atoms with van der Waals surface area (Å²) < 4.78 is 29.7. The third kappa shape index (κ3) is 3.91. The highest BCUT2D eigenvalue weighted by molar-refractivity contribution is 7.90. The number of amides is 1. The predicted molar refractivity (Wildman–Crippen MR) is 102 cm³/mol. The summed E-state index contributed by atoms with van der Waals surface area (Å²) >= 11 is 0. The summed E-state index contributed by atoms with van der Waals surface area (Å²) in [6, 6.07) is 8.94. The van der Waals surface area contributed by atoms with Gasteiger partial charge in [0, 0.05) is 50.8 Å². The maximum atomic E-state index is 12.4. The summed E-state index contributed by atoms with van der Waals surface area (Å²) in [7, 11) is -3.42. The first-order chi connectivity index (χ1) is 13.0. The Kier molecular flexibility index (Phi) is 5.01. The Morgan fingerprint density at radius 3 is 2.70 bits per heavy atom. The van der Waals surface area contributed by atoms with E-state index in [-0.39, 0.29) is 19.0 Å². The van der Waals surface area contributed by atoms with Gasteiger partial charge in [-0.25, -0.2) is 18.1 Å². The lowest BCUT2D eigenvalue weighted by molar-refractivity contribution is 0.0658. The number of benzene rings is 1. The van der Waals surface area contributed by atoms with Crippen LogP contribution >= 0.6 is 0 Å². The molecule has 1 aromatic carbocycles. The normalized spacial score (nSPS) is 17.4. The van der Waals surface area contributed by atoms with Crippen LogP contribution in [0.25, 0.3) is 0 Å². The second-order valence-electron chi connectivity index (χ2n) is 7.19. The lowest BCUT2D eigenvalue weighted by Gasteiger charge is -2.38. The van der Waals surface area contributed by atoms with E-state index in [2.05, 4.69) is 14.3 Å². The number of nitrogens with zero attached hydrogens (tertiary/aromatic N) is 3. The van der Waals surface area contributed by atoms with E-state index in [0.29, 0.717) is 18.5 Å². The van der Waals surface area contributed by atoms with Gasteiger partial charge in [0.05, 0.1) is 5.69 Å². The maximum Gasteiger partial charge on any atom is 0.253 e. The van der Waals surface area contributed by atoms with Gasteiger partial charge in [-0.3, -0.25) is 4.79 Å². The second kappa shape index (κ2) is 7.44. The van der Waals surface area contributed by atoms with Crippen LogP contribution in [-0.2, 0) is 29.4 Å². The molecule has 0 radical (unpaired) electrons. The van der Waals surface area contributed by atoms with Gasteiger partial charge in [-0.1, -0.05) is 18.2 Å². The quantitative estimate of drug-likeness (QED) is 0.806. The van der Waals surface area contributed by atoms with Crippen molar-refractivity contribution in [1.82, 2.24) is 19.2 Å². The van der Waals surface area contributed by atoms with Crippen molar-refractivity contribution in [3.63, 3.8) is 0 Å². The number of likely N-dealkylation sites (tertiary alicyclic amines) is 1. The fourth-order valence-electron chi connectivity index (χ4n) is 3.59. The molecule has 27 heavy (non-hydrogen) atoms. The fraction of sp³-hybridized carbons (Fsp3) is 0.474. The highest BCUT2D eigenvalue weighted by atomic mass is 32.2. The van der Waals surface area contributed by atoms with Gasteiger partial charge in [0.25, 0.3) is 5.91 Å². The zero-order valence-electron chi connectivity index (χ0n) is 15.2. The number of imidazole rings is 1. The molecule has 1 saturated heterocycles. The Balaban J connectivity index is 1.26. The Morgan fingerprint density at radius 1 is 1.19 bits per heavy atom. The third-order valence-corrected chi connectivity index (χ3v) is 7.02. The fourth-order valence-corrected chi connectivity index (χ4v) is 4.97. The molecule has 1 N–H and O–H groups in total. The van der Waals surface area contributed by atoms with Crippen molar-refractivity contribution in [2.24, 2.45) is 0 Å². The highest BCUT2D eigenvalue weighted by Crippen LogP contribution is 2.19. The Morgan fingerprint density at radius 2 is 1.96 bits per heavy atom. The molecule has 2 aliphatic heterocycles. The van der Waals surface area contributed by atoms with Crippen LogP contribution in [0.5, 0.6) is 0 Å². The van der Waals surface area contributed by atoms with Crippen LogP contribution in [0.4, 0.5) is 0 Å². The van der Waals surface area contributed by atoms with Crippen molar-refractivity contribution in [2.75, 3.05) is 19.6 Å². The number of fused-ring (bicyclic) bond motifs is 1. The van der Waals surface area contributed by atoms with Crippen molar-refractivity contribution >= 4 is 15.9 Å². The van der Waals surface area contributed by atoms with E-state index in [1.54, 1.807) is 29.2 Å². The summed E-state index contributed by atoms with van der Waals surface area (Å²) in [4.78, 5) is 18.5. The zero-order valence-corrected chi connectivity index (χ0v) is 16.0. The van der Waals surface area contributed by atoms with Gasteiger partial charge < -0.3 is 9.47 Å². The number of nitrogens with one attached hydrogen (secondary N) is 1. The SMILES string of the molecule is O=C(c1ccccc1)N1CC(S(=O)(=O)NCCc2cn3c(n2)CCCC3)C1. The average molecular weight is 388 g/mol. The standard InChI is InChI=1S/C19H24N4O3S/c24-19(15-6-2-1-3-7-15)23-13-17(14-23)27(25,26)20-10-9-16-12-22-11-5-4-8-18(22)21-16/h1-3,6-7,12,17,20H,4-5,8-11,13-14H2. The van der Waals surface area contributed by atoms with E-state index < -0.39 is 15.3 Å². The van der Waals surface area contributed by atoms with Crippen molar-refractivity contribution in [1.29, 1.82) is 0 Å². The maximum absolute atomic E-state index is 12.4. The molecule has 2 aliphatic rings. The summed E-state index contributed by atoms with van der Waals surface area (Å²) in [5.74, 6) is 0.985. The van der Waals surface area contributed by atoms with Crippen LogP contribution in [-0.4, -0.2) is 53.7 Å². The third-order valence-electron chi connectivity index (χ3n) is 5.24. The Bertz CT molecular complexity index is 894. The molecule has 1 aromatic heterocycles. The Labute approximate surface area is 159 Å². The van der Waals surface area contributed by atoms with Gasteiger partial charge in [0.1, 0.15) is 11.1 Å². The van der Waals surface area contributed by atoms with E-state index in [1.807, 2.05) is 12.3 Å². The Hall–Kier alpha value is -2.19. The molecule has 3 heterocycles. The van der Waals surface area contributed by atoms with E-state index >= 15 is 0 Å². The van der Waals surface area contributed by atoms with Gasteiger partial charge in [0.15, 0.2) is 0 Å². The number of carbonyl (C=O) groups is 1. The number of carbonyl (C=O) groups excluding carboxylic acids is 1. The smallest absolute Gasteiger partial charge is 0.253 e. The predicted octanol–water partition coefficient (Wildman–Crippen LogP) is 1.21. The molecule has 0 atom stereocenters. The van der Waals surface area contributed by atoms with Gasteiger partial charge in [0.2, 0.25) is 10.0 Å². The first-order valence-electron chi connectivity index (χ1n) is 9.41. The largest absolute Gasteiger partial charge is 0.336 e. The molecular formula is C19H24N4O3S. The van der Waals surface area contributed by atoms with Crippen LogP contribution in [0, 0.1) is 0 Å². The number of aryl methyl sites for hydroxylation is 2. The molecular weight excluding hydrogens is 364 g/mol. The number of sulfonamides is 1. The molecule has 0 aliphatic carbocycles. The van der Waals surface area contributed by atoms with Gasteiger partial charge in [-0.05, 0) is 25.0 Å². The topological polar surface area (TPSA) is 84.3 Å². The van der Waals surface area contributed by atoms with Gasteiger partial charge in [-0.2, -0.15) is 0 Å². The average Bonchev–Trinajstić information content (AvgIpc) is 3.03. The summed E-state index contributed by atoms with van der Waals surface area (Å²) in [6.45, 7) is 1.81. The van der Waals surface area contributed by atoms with Crippen molar-refractivity contribution < 1.29 is 13.2 Å². The van der Waals surface area contributed by atoms with Crippen molar-refractivity contribution in [2.45, 2.75) is 37.5 Å². The molecule has 8 heteroatoms. The molecule has 144 valence electrons. The molecule has 0 bridgehead atoms. The van der Waals surface area contributed by atoms with E-state index in [4.69, 9.17) is 0 Å². The molecule has 7 nitrogen and oxygen atoms in total. The molecule has 1 amide bonds. The monoisotopic (exact) mass is 388 g/mol. The molecule has 1 fully saturated rings. The highest BCUT2D eigenvalue weighted by Gasteiger charge is 2.39. The van der Waals surface area contributed by atoms with Gasteiger partial charge in [-0.15, -0.1) is 0 Å². The van der Waals surface area contributed by atoms with E-state index in [1.165, 1.54) is 12.8 Å². The van der Waals surface area contributed by atoms with Crippen molar-refractivity contribution in [3.05, 3.63) is 53.6 Å². The second-order valence-corrected chi connectivity index (χ2v) is 9.23. The zero-order chi connectivity index (χ0) is 18.9. The van der Waals surface area contributed by atoms with E-state index in [0.717, 1.165) is 24.5 Å². The summed E-state index contributed by atoms with van der Waals surface area (Å²) in [5, 5.41) is -0.541. The van der Waals surface area contributed by atoms with Crippen LogP contribution in [0.15, 0.2) is 36.5 Å². The lowest BCUT2D eigenvalue weighted by Crippen LogP contribution is -2.59. The van der Waals surface area contributed by atoms with Gasteiger partial charge >= 0.3 is 0 Å².